The Labute approximate surface area is 137 Å². The van der Waals surface area contributed by atoms with Gasteiger partial charge < -0.3 is 0 Å². The molecule has 0 N–H and O–H groups in total. The first-order valence-electron chi connectivity index (χ1n) is 6.46. The molecule has 0 saturated heterocycles. The third kappa shape index (κ3) is 1.60. The first-order valence-corrected chi connectivity index (χ1v) is 18.6. The maximum absolute atomic E-state index is 2.46. The van der Waals surface area contributed by atoms with Crippen LogP contribution in [0.4, 0.5) is 0 Å². The van der Waals surface area contributed by atoms with Crippen LogP contribution in [0.2, 0.25) is 0 Å². The second kappa shape index (κ2) is 4.39. The van der Waals surface area contributed by atoms with Crippen LogP contribution in [0.1, 0.15) is 11.1 Å². The van der Waals surface area contributed by atoms with Gasteiger partial charge in [-0.05, 0) is 0 Å². The molecule has 0 saturated carbocycles. The fraction of sp³-hybridized carbons (Fsp3) is 0.125. The van der Waals surface area contributed by atoms with Crippen molar-refractivity contribution in [3.8, 4) is 0 Å². The average Bonchev–Trinajstić information content (AvgIpc) is 2.99. The normalized spacial score (nSPS) is 12.5. The predicted octanol–water partition coefficient (Wildman–Crippen LogP) is 3.14. The molecule has 0 nitrogen and oxygen atoms in total. The average molecular weight is 518 g/mol. The van der Waals surface area contributed by atoms with Gasteiger partial charge in [-0.2, -0.15) is 0 Å². The maximum atomic E-state index is 2.46. The van der Waals surface area contributed by atoms with Gasteiger partial charge in [0.1, 0.15) is 0 Å². The molecule has 0 aliphatic heterocycles. The van der Waals surface area contributed by atoms with Gasteiger partial charge in [0.15, 0.2) is 0 Å². The second-order valence-corrected chi connectivity index (χ2v) is 17.6. The van der Waals surface area contributed by atoms with Crippen molar-refractivity contribution in [1.82, 2.24) is 0 Å². The molecule has 98 valence electrons. The van der Waals surface area contributed by atoms with E-state index >= 15 is 0 Å². The van der Waals surface area contributed by atoms with E-state index in [1.54, 1.807) is 38.6 Å². The van der Waals surface area contributed by atoms with Crippen molar-refractivity contribution in [2.45, 2.75) is 13.8 Å². The molecule has 0 radical (unpaired) electrons. The van der Waals surface area contributed by atoms with Crippen molar-refractivity contribution < 1.29 is 0 Å². The Bertz CT molecular complexity index is 1020. The molecule has 0 unspecified atom stereocenters. The molecule has 20 heavy (non-hydrogen) atoms. The van der Waals surface area contributed by atoms with Crippen molar-refractivity contribution in [3.63, 3.8) is 0 Å². The molecule has 5 rings (SSSR count). The second-order valence-electron chi connectivity index (χ2n) is 5.36. The molecule has 0 amide bonds. The summed E-state index contributed by atoms with van der Waals surface area (Å²) in [4.78, 5) is 0. The number of hydrogen-bond donors (Lipinski definition) is 0. The zero-order valence-corrected chi connectivity index (χ0v) is 17.8. The molecule has 2 heterocycles. The van der Waals surface area contributed by atoms with Crippen LogP contribution in [0.25, 0.3) is 38.6 Å². The molecule has 0 atom stereocenters. The first-order chi connectivity index (χ1) is 9.72. The zero-order chi connectivity index (χ0) is 13.4. The van der Waals surface area contributed by atoms with Crippen molar-refractivity contribution in [1.29, 1.82) is 0 Å². The zero-order valence-electron chi connectivity index (χ0n) is 10.9. The monoisotopic (exact) mass is 522 g/mol. The summed E-state index contributed by atoms with van der Waals surface area (Å²) in [6.45, 7) is 4.53. The van der Waals surface area contributed by atoms with E-state index in [1.165, 1.54) is 11.1 Å². The van der Waals surface area contributed by atoms with Crippen LogP contribution in [0.3, 0.4) is 0 Å². The van der Waals surface area contributed by atoms with Gasteiger partial charge in [-0.3, -0.25) is 0 Å². The summed E-state index contributed by atoms with van der Waals surface area (Å²) in [6.07, 6.45) is 0. The van der Waals surface area contributed by atoms with Gasteiger partial charge in [-0.15, -0.1) is 0 Å². The minimum atomic E-state index is 0.731. The predicted molar refractivity (Wildman–Crippen MR) is 93.7 cm³/mol. The van der Waals surface area contributed by atoms with Crippen LogP contribution in [-0.2, 0) is 0 Å². The Morgan fingerprint density at radius 3 is 1.50 bits per heavy atom. The number of hydrogen-bond acceptors (Lipinski definition) is 0. The van der Waals surface area contributed by atoms with Gasteiger partial charge in [-0.1, -0.05) is 0 Å². The summed E-state index contributed by atoms with van der Waals surface area (Å²) in [5.41, 5.74) is 2.90. The topological polar surface area (TPSA) is 0 Å². The molecule has 4 heteroatoms. The van der Waals surface area contributed by atoms with Crippen LogP contribution in [-0.4, -0.2) is 50.5 Å². The molecule has 3 aromatic carbocycles. The standard InChI is InChI=1S/C16H10Se4/c1-7-3-9-10-4-8(2)6-12-14(10)16(20-18-12)15-13(9)11(5-7)17-19-15/h3-6H,1-2H3. The molecule has 0 spiro atoms. The van der Waals surface area contributed by atoms with Gasteiger partial charge in [0.25, 0.3) is 0 Å². The quantitative estimate of drug-likeness (QED) is 0.219. The molecule has 0 aliphatic carbocycles. The van der Waals surface area contributed by atoms with Crippen molar-refractivity contribution >= 4 is 89.1 Å². The Hall–Kier alpha value is 0.258. The summed E-state index contributed by atoms with van der Waals surface area (Å²) in [5, 5.41) is 6.48. The van der Waals surface area contributed by atoms with E-state index in [2.05, 4.69) is 38.1 Å². The minimum absolute atomic E-state index is 0.731. The van der Waals surface area contributed by atoms with Crippen molar-refractivity contribution in [3.05, 3.63) is 35.4 Å². The summed E-state index contributed by atoms with van der Waals surface area (Å²) in [7, 11) is 0. The number of fused-ring (bicyclic) bond motifs is 2. The summed E-state index contributed by atoms with van der Waals surface area (Å²) in [6, 6.07) is 9.81. The van der Waals surface area contributed by atoms with E-state index in [9.17, 15) is 0 Å². The third-order valence-electron chi connectivity index (χ3n) is 3.87. The Balaban J connectivity index is 2.28. The fourth-order valence-electron chi connectivity index (χ4n) is 3.09. The van der Waals surface area contributed by atoms with Gasteiger partial charge in [0.2, 0.25) is 0 Å². The number of rotatable bonds is 0. The van der Waals surface area contributed by atoms with Crippen LogP contribution < -0.4 is 0 Å². The molecule has 0 fully saturated rings. The van der Waals surface area contributed by atoms with Crippen LogP contribution >= 0.6 is 0 Å². The Kier molecular flexibility index (Phi) is 2.80. The Morgan fingerprint density at radius 1 is 0.600 bits per heavy atom. The van der Waals surface area contributed by atoms with Crippen molar-refractivity contribution in [2.75, 3.05) is 0 Å². The number of benzene rings is 3. The number of aryl methyl sites for hydroxylation is 2. The van der Waals surface area contributed by atoms with Gasteiger partial charge in [-0.25, -0.2) is 0 Å². The van der Waals surface area contributed by atoms with Crippen LogP contribution in [0, 0.1) is 13.8 Å². The van der Waals surface area contributed by atoms with E-state index in [-0.39, 0.29) is 0 Å². The molecular weight excluding hydrogens is 508 g/mol. The molecule has 0 aliphatic rings. The summed E-state index contributed by atoms with van der Waals surface area (Å²) in [5.74, 6) is 0. The van der Waals surface area contributed by atoms with Gasteiger partial charge in [0, 0.05) is 0 Å². The molecular formula is C16H10Se4. The summed E-state index contributed by atoms with van der Waals surface area (Å²) >= 11 is 2.95. The molecule has 5 aromatic rings. The van der Waals surface area contributed by atoms with E-state index in [0.29, 0.717) is 0 Å². The third-order valence-corrected chi connectivity index (χ3v) is 18.8. The SMILES string of the molecule is Cc1cc2[se][se]c3c4[se][se]c5cc(C)cc(c(c1)c23)c54. The first kappa shape index (κ1) is 12.8. The molecule has 0 bridgehead atoms. The van der Waals surface area contributed by atoms with E-state index in [1.807, 2.05) is 0 Å². The van der Waals surface area contributed by atoms with E-state index < -0.39 is 0 Å². The van der Waals surface area contributed by atoms with Crippen molar-refractivity contribution in [2.24, 2.45) is 0 Å². The van der Waals surface area contributed by atoms with Gasteiger partial charge in [0.05, 0.1) is 0 Å². The molecule has 2 aromatic heterocycles. The summed E-state index contributed by atoms with van der Waals surface area (Å²) < 4.78 is 7.00. The Morgan fingerprint density at radius 2 is 1.05 bits per heavy atom. The van der Waals surface area contributed by atoms with E-state index in [0.717, 1.165) is 50.5 Å². The van der Waals surface area contributed by atoms with Crippen LogP contribution in [0.15, 0.2) is 24.3 Å². The fourth-order valence-corrected chi connectivity index (χ4v) is 22.7. The van der Waals surface area contributed by atoms with Gasteiger partial charge >= 0.3 is 138 Å². The van der Waals surface area contributed by atoms with E-state index in [4.69, 9.17) is 0 Å². The van der Waals surface area contributed by atoms with Crippen LogP contribution in [0.5, 0.6) is 0 Å².